The van der Waals surface area contributed by atoms with E-state index in [0.717, 1.165) is 0 Å². The summed E-state index contributed by atoms with van der Waals surface area (Å²) in [6, 6.07) is 7.84. The van der Waals surface area contributed by atoms with Gasteiger partial charge in [-0.05, 0) is 55.5 Å². The Balaban J connectivity index is 0.00000155. The molecule has 1 unspecified atom stereocenters. The van der Waals surface area contributed by atoms with Crippen molar-refractivity contribution in [3.8, 4) is 17.4 Å². The van der Waals surface area contributed by atoms with Crippen molar-refractivity contribution in [1.29, 1.82) is 0 Å². The molecule has 1 amide bonds. The van der Waals surface area contributed by atoms with E-state index < -0.39 is 11.9 Å². The van der Waals surface area contributed by atoms with E-state index in [1.54, 1.807) is 37.3 Å². The Morgan fingerprint density at radius 1 is 1.33 bits per heavy atom. The summed E-state index contributed by atoms with van der Waals surface area (Å²) in [4.78, 5) is 15.2. The van der Waals surface area contributed by atoms with Crippen molar-refractivity contribution >= 4 is 23.6 Å². The van der Waals surface area contributed by atoms with Gasteiger partial charge in [-0.1, -0.05) is 25.4 Å². The van der Waals surface area contributed by atoms with E-state index in [-0.39, 0.29) is 5.91 Å². The Labute approximate surface area is 182 Å². The molecule has 1 heterocycles. The van der Waals surface area contributed by atoms with E-state index in [1.807, 2.05) is 13.8 Å². The molecule has 2 aromatic rings. The number of benzene rings is 1. The molecule has 3 rings (SSSR count). The third-order valence-electron chi connectivity index (χ3n) is 4.20. The molecule has 0 bridgehead atoms. The molecule has 30 heavy (non-hydrogen) atoms. The molecule has 0 spiro atoms. The number of hydrogen-bond acceptors (Lipinski definition) is 4. The second kappa shape index (κ2) is 11.6. The predicted octanol–water partition coefficient (Wildman–Crippen LogP) is 6.18. The predicted molar refractivity (Wildman–Crippen MR) is 118 cm³/mol. The van der Waals surface area contributed by atoms with Crippen molar-refractivity contribution in [2.45, 2.75) is 46.6 Å². The molecule has 162 valence electrons. The SMILES string of the molecule is CC.CC(=O)NC(C)/C(F)=C/c1ccc(Oc2ccc(OCC3CC3)cc2Cl)nc1. The lowest BCUT2D eigenvalue weighted by molar-refractivity contribution is -0.119. The second-order valence-electron chi connectivity index (χ2n) is 6.83. The molecule has 1 atom stereocenters. The molecule has 1 aromatic heterocycles. The maximum atomic E-state index is 14.1. The monoisotopic (exact) mass is 434 g/mol. The molecule has 0 aliphatic heterocycles. The van der Waals surface area contributed by atoms with Crippen molar-refractivity contribution in [1.82, 2.24) is 10.3 Å². The summed E-state index contributed by atoms with van der Waals surface area (Å²) in [6.45, 7) is 7.62. The van der Waals surface area contributed by atoms with Crippen molar-refractivity contribution in [3.63, 3.8) is 0 Å². The van der Waals surface area contributed by atoms with E-state index in [1.165, 1.54) is 32.0 Å². The van der Waals surface area contributed by atoms with E-state index in [0.29, 0.717) is 40.5 Å². The molecule has 0 saturated heterocycles. The summed E-state index contributed by atoms with van der Waals surface area (Å²) in [5.41, 5.74) is 0.553. The maximum absolute atomic E-state index is 14.1. The van der Waals surface area contributed by atoms with Gasteiger partial charge in [0.15, 0.2) is 0 Å². The normalized spacial score (nSPS) is 14.3. The topological polar surface area (TPSA) is 60.5 Å². The Morgan fingerprint density at radius 2 is 2.07 bits per heavy atom. The second-order valence-corrected chi connectivity index (χ2v) is 7.24. The lowest BCUT2D eigenvalue weighted by Crippen LogP contribution is -2.30. The highest BCUT2D eigenvalue weighted by atomic mass is 35.5. The van der Waals surface area contributed by atoms with Crippen LogP contribution in [0.2, 0.25) is 5.02 Å². The van der Waals surface area contributed by atoms with Crippen molar-refractivity contribution in [2.75, 3.05) is 6.61 Å². The zero-order valence-electron chi connectivity index (χ0n) is 17.7. The van der Waals surface area contributed by atoms with Gasteiger partial charge in [0.2, 0.25) is 11.8 Å². The number of hydrogen-bond donors (Lipinski definition) is 1. The number of carbonyl (C=O) groups excluding carboxylic acids is 1. The zero-order chi connectivity index (χ0) is 22.1. The van der Waals surface area contributed by atoms with Crippen molar-refractivity contribution in [3.05, 3.63) is 52.9 Å². The van der Waals surface area contributed by atoms with Crippen LogP contribution in [-0.4, -0.2) is 23.5 Å². The van der Waals surface area contributed by atoms with E-state index in [4.69, 9.17) is 21.1 Å². The Kier molecular flexibility index (Phi) is 9.12. The molecular weight excluding hydrogens is 407 g/mol. The van der Waals surface area contributed by atoms with Crippen molar-refractivity contribution in [2.24, 2.45) is 5.92 Å². The summed E-state index contributed by atoms with van der Waals surface area (Å²) in [5, 5.41) is 2.91. The summed E-state index contributed by atoms with van der Waals surface area (Å²) >= 11 is 6.26. The molecule has 0 radical (unpaired) electrons. The molecule has 1 N–H and O–H groups in total. The highest BCUT2D eigenvalue weighted by Crippen LogP contribution is 2.34. The molecule has 5 nitrogen and oxygen atoms in total. The average molecular weight is 435 g/mol. The fourth-order valence-electron chi connectivity index (χ4n) is 2.46. The van der Waals surface area contributed by atoms with Crippen LogP contribution in [0, 0.1) is 5.92 Å². The van der Waals surface area contributed by atoms with Gasteiger partial charge in [0.05, 0.1) is 17.7 Å². The highest BCUT2D eigenvalue weighted by Gasteiger charge is 2.22. The van der Waals surface area contributed by atoms with Gasteiger partial charge in [0, 0.05) is 25.3 Å². The Morgan fingerprint density at radius 3 is 2.63 bits per heavy atom. The number of ether oxygens (including phenoxy) is 2. The van der Waals surface area contributed by atoms with Crippen molar-refractivity contribution < 1.29 is 18.7 Å². The lowest BCUT2D eigenvalue weighted by Gasteiger charge is -2.11. The third-order valence-corrected chi connectivity index (χ3v) is 4.49. The van der Waals surface area contributed by atoms with E-state index in [2.05, 4.69) is 10.3 Å². The van der Waals surface area contributed by atoms with Crippen LogP contribution in [0.5, 0.6) is 17.4 Å². The number of aromatic nitrogens is 1. The van der Waals surface area contributed by atoms with Gasteiger partial charge in [-0.15, -0.1) is 0 Å². The van der Waals surface area contributed by atoms with Gasteiger partial charge in [0.1, 0.15) is 17.3 Å². The summed E-state index contributed by atoms with van der Waals surface area (Å²) in [7, 11) is 0. The van der Waals surface area contributed by atoms with Gasteiger partial charge < -0.3 is 14.8 Å². The first kappa shape index (κ1) is 23.7. The Bertz CT molecular complexity index is 867. The van der Waals surface area contributed by atoms with E-state index >= 15 is 0 Å². The maximum Gasteiger partial charge on any atom is 0.219 e. The summed E-state index contributed by atoms with van der Waals surface area (Å²) < 4.78 is 25.4. The summed E-state index contributed by atoms with van der Waals surface area (Å²) in [6.07, 6.45) is 5.25. The number of nitrogens with one attached hydrogen (secondary N) is 1. The van der Waals surface area contributed by atoms with Crippen LogP contribution in [0.1, 0.15) is 46.1 Å². The molecule has 1 saturated carbocycles. The van der Waals surface area contributed by atoms with Gasteiger partial charge in [-0.2, -0.15) is 0 Å². The van der Waals surface area contributed by atoms with Crippen LogP contribution in [-0.2, 0) is 4.79 Å². The smallest absolute Gasteiger partial charge is 0.219 e. The van der Waals surface area contributed by atoms with Crippen LogP contribution >= 0.6 is 11.6 Å². The fourth-order valence-corrected chi connectivity index (χ4v) is 2.67. The minimum Gasteiger partial charge on any atom is -0.493 e. The lowest BCUT2D eigenvalue weighted by atomic mass is 10.2. The molecule has 7 heteroatoms. The third kappa shape index (κ3) is 7.67. The van der Waals surface area contributed by atoms with Gasteiger partial charge in [-0.25, -0.2) is 9.37 Å². The number of amides is 1. The summed E-state index contributed by atoms with van der Waals surface area (Å²) in [5.74, 6) is 1.41. The van der Waals surface area contributed by atoms with Crippen LogP contribution in [0.15, 0.2) is 42.4 Å². The standard InChI is InChI=1S/C21H22ClFN2O3.C2H6/c1-13(25-14(2)26)19(23)9-16-5-8-21(24-11-16)28-20-7-6-17(10-18(20)22)27-12-15-3-4-15;1-2/h5-11,13,15H,3-4,12H2,1-2H3,(H,25,26);1-2H3/b19-9-;. The van der Waals surface area contributed by atoms with Crippen LogP contribution < -0.4 is 14.8 Å². The highest BCUT2D eigenvalue weighted by molar-refractivity contribution is 6.32. The molecular formula is C23H28ClFN2O3. The number of nitrogens with zero attached hydrogens (tertiary/aromatic N) is 1. The fraction of sp³-hybridized carbons (Fsp3) is 0.391. The number of carbonyl (C=O) groups is 1. The first-order valence-electron chi connectivity index (χ1n) is 10.1. The number of halogens is 2. The molecule has 1 aliphatic carbocycles. The molecule has 1 aliphatic rings. The molecule has 1 fully saturated rings. The van der Waals surface area contributed by atoms with Gasteiger partial charge in [-0.3, -0.25) is 4.79 Å². The van der Waals surface area contributed by atoms with Gasteiger partial charge in [0.25, 0.3) is 0 Å². The van der Waals surface area contributed by atoms with Crippen LogP contribution in [0.4, 0.5) is 4.39 Å². The van der Waals surface area contributed by atoms with Gasteiger partial charge >= 0.3 is 0 Å². The Hall–Kier alpha value is -2.60. The quantitative estimate of drug-likeness (QED) is 0.539. The minimum atomic E-state index is -0.701. The zero-order valence-corrected chi connectivity index (χ0v) is 18.5. The first-order valence-corrected chi connectivity index (χ1v) is 10.5. The van der Waals surface area contributed by atoms with Crippen LogP contribution in [0.25, 0.3) is 6.08 Å². The average Bonchev–Trinajstić information content (AvgIpc) is 3.55. The largest absolute Gasteiger partial charge is 0.493 e. The minimum absolute atomic E-state index is 0.293. The van der Waals surface area contributed by atoms with Crippen LogP contribution in [0.3, 0.4) is 0 Å². The first-order chi connectivity index (χ1) is 14.4. The number of rotatable bonds is 8. The molecule has 1 aromatic carbocycles. The van der Waals surface area contributed by atoms with E-state index in [9.17, 15) is 9.18 Å². The number of pyridine rings is 1.